The zero-order chi connectivity index (χ0) is 11.9. The first-order chi connectivity index (χ1) is 8.36. The second-order valence-electron chi connectivity index (χ2n) is 3.77. The van der Waals surface area contributed by atoms with Gasteiger partial charge in [-0.2, -0.15) is 0 Å². The molecule has 1 aromatic carbocycles. The Morgan fingerprint density at radius 3 is 2.76 bits per heavy atom. The van der Waals surface area contributed by atoms with Gasteiger partial charge in [0.1, 0.15) is 6.61 Å². The third kappa shape index (κ3) is 3.45. The molecule has 1 aliphatic carbocycles. The SMILES string of the molecule is O=C(OCc1ccccc1)C1=CC=CC=CC1. The lowest BCUT2D eigenvalue weighted by Crippen LogP contribution is -2.07. The molecule has 1 aliphatic rings. The van der Waals surface area contributed by atoms with Gasteiger partial charge in [-0.15, -0.1) is 0 Å². The summed E-state index contributed by atoms with van der Waals surface area (Å²) >= 11 is 0. The van der Waals surface area contributed by atoms with Crippen LogP contribution in [0.25, 0.3) is 0 Å². The summed E-state index contributed by atoms with van der Waals surface area (Å²) in [5.41, 5.74) is 1.69. The smallest absolute Gasteiger partial charge is 0.334 e. The molecule has 0 aliphatic heterocycles. The first-order valence-corrected chi connectivity index (χ1v) is 5.59. The Balaban J connectivity index is 1.92. The van der Waals surface area contributed by atoms with Gasteiger partial charge in [-0.25, -0.2) is 4.79 Å². The first-order valence-electron chi connectivity index (χ1n) is 5.59. The van der Waals surface area contributed by atoms with Gasteiger partial charge in [0, 0.05) is 5.57 Å². The second kappa shape index (κ2) is 5.85. The van der Waals surface area contributed by atoms with E-state index in [1.807, 2.05) is 54.6 Å². The third-order valence-corrected chi connectivity index (χ3v) is 2.47. The van der Waals surface area contributed by atoms with Gasteiger partial charge in [-0.3, -0.25) is 0 Å². The minimum Gasteiger partial charge on any atom is -0.457 e. The van der Waals surface area contributed by atoms with Crippen LogP contribution in [-0.4, -0.2) is 5.97 Å². The predicted octanol–water partition coefficient (Wildman–Crippen LogP) is 3.17. The molecular weight excluding hydrogens is 212 g/mol. The number of esters is 1. The van der Waals surface area contributed by atoms with E-state index in [0.717, 1.165) is 5.56 Å². The van der Waals surface area contributed by atoms with Crippen LogP contribution >= 0.6 is 0 Å². The maximum atomic E-state index is 11.8. The topological polar surface area (TPSA) is 26.3 Å². The monoisotopic (exact) mass is 226 g/mol. The molecule has 0 amide bonds. The molecule has 0 heterocycles. The fourth-order valence-electron chi connectivity index (χ4n) is 1.54. The van der Waals surface area contributed by atoms with Gasteiger partial charge in [0.2, 0.25) is 0 Å². The van der Waals surface area contributed by atoms with E-state index < -0.39 is 0 Å². The molecule has 0 spiro atoms. The number of carbonyl (C=O) groups is 1. The average Bonchev–Trinajstić information content (AvgIpc) is 2.66. The van der Waals surface area contributed by atoms with Crippen molar-refractivity contribution in [3.63, 3.8) is 0 Å². The van der Waals surface area contributed by atoms with Crippen molar-refractivity contribution < 1.29 is 9.53 Å². The van der Waals surface area contributed by atoms with Crippen molar-refractivity contribution in [3.8, 4) is 0 Å². The van der Waals surface area contributed by atoms with Crippen molar-refractivity contribution in [2.24, 2.45) is 0 Å². The minimum absolute atomic E-state index is 0.245. The predicted molar refractivity (Wildman–Crippen MR) is 67.2 cm³/mol. The summed E-state index contributed by atoms with van der Waals surface area (Å²) in [6.45, 7) is 0.324. The zero-order valence-electron chi connectivity index (χ0n) is 9.50. The highest BCUT2D eigenvalue weighted by atomic mass is 16.5. The Bertz CT molecular complexity index is 467. The Morgan fingerprint density at radius 2 is 1.94 bits per heavy atom. The maximum Gasteiger partial charge on any atom is 0.334 e. The van der Waals surface area contributed by atoms with Crippen LogP contribution in [0.3, 0.4) is 0 Å². The van der Waals surface area contributed by atoms with Gasteiger partial charge in [0.05, 0.1) is 0 Å². The fraction of sp³-hybridized carbons (Fsp3) is 0.133. The zero-order valence-corrected chi connectivity index (χ0v) is 9.50. The lowest BCUT2D eigenvalue weighted by molar-refractivity contribution is -0.140. The van der Waals surface area contributed by atoms with Gasteiger partial charge in [-0.1, -0.05) is 60.7 Å². The third-order valence-electron chi connectivity index (χ3n) is 2.47. The lowest BCUT2D eigenvalue weighted by atomic mass is 10.2. The van der Waals surface area contributed by atoms with Crippen molar-refractivity contribution in [2.75, 3.05) is 0 Å². The van der Waals surface area contributed by atoms with Gasteiger partial charge in [-0.05, 0) is 12.0 Å². The van der Waals surface area contributed by atoms with Crippen molar-refractivity contribution in [3.05, 3.63) is 71.8 Å². The van der Waals surface area contributed by atoms with E-state index in [1.165, 1.54) is 0 Å². The van der Waals surface area contributed by atoms with Crippen LogP contribution in [0.4, 0.5) is 0 Å². The summed E-state index contributed by atoms with van der Waals surface area (Å²) in [6, 6.07) is 9.68. The van der Waals surface area contributed by atoms with E-state index in [9.17, 15) is 4.79 Å². The molecule has 1 aromatic rings. The van der Waals surface area contributed by atoms with Crippen molar-refractivity contribution in [1.29, 1.82) is 0 Å². The van der Waals surface area contributed by atoms with Crippen LogP contribution in [0.1, 0.15) is 12.0 Å². The number of rotatable bonds is 3. The van der Waals surface area contributed by atoms with Crippen LogP contribution in [-0.2, 0) is 16.1 Å². The van der Waals surface area contributed by atoms with E-state index in [4.69, 9.17) is 4.74 Å². The quantitative estimate of drug-likeness (QED) is 0.740. The average molecular weight is 226 g/mol. The van der Waals surface area contributed by atoms with Gasteiger partial charge < -0.3 is 4.74 Å². The molecule has 2 nitrogen and oxygen atoms in total. The molecule has 0 unspecified atom stereocenters. The van der Waals surface area contributed by atoms with Crippen LogP contribution in [0.15, 0.2) is 66.3 Å². The number of carbonyl (C=O) groups excluding carboxylic acids is 1. The summed E-state index contributed by atoms with van der Waals surface area (Å²) in [6.07, 6.45) is 10.0. The van der Waals surface area contributed by atoms with E-state index in [2.05, 4.69) is 0 Å². The number of benzene rings is 1. The molecule has 0 radical (unpaired) electrons. The van der Waals surface area contributed by atoms with Crippen LogP contribution in [0.5, 0.6) is 0 Å². The standard InChI is InChI=1S/C15H14O2/c16-15(14-10-6-1-2-7-11-14)17-12-13-8-4-3-5-9-13/h1-10H,11-12H2. The van der Waals surface area contributed by atoms with E-state index in [0.29, 0.717) is 18.6 Å². The molecule has 0 saturated heterocycles. The van der Waals surface area contributed by atoms with E-state index in [-0.39, 0.29) is 5.97 Å². The lowest BCUT2D eigenvalue weighted by Gasteiger charge is -2.06. The highest BCUT2D eigenvalue weighted by Gasteiger charge is 2.09. The normalized spacial score (nSPS) is 14.0. The highest BCUT2D eigenvalue weighted by molar-refractivity contribution is 5.89. The molecule has 0 fully saturated rings. The molecule has 0 N–H and O–H groups in total. The van der Waals surface area contributed by atoms with Crippen molar-refractivity contribution >= 4 is 5.97 Å². The molecule has 0 saturated carbocycles. The Morgan fingerprint density at radius 1 is 1.12 bits per heavy atom. The summed E-state index contributed by atoms with van der Waals surface area (Å²) in [7, 11) is 0. The van der Waals surface area contributed by atoms with E-state index in [1.54, 1.807) is 6.08 Å². The van der Waals surface area contributed by atoms with E-state index >= 15 is 0 Å². The fourth-order valence-corrected chi connectivity index (χ4v) is 1.54. The Labute approximate surface area is 101 Å². The Kier molecular flexibility index (Phi) is 3.92. The number of ether oxygens (including phenoxy) is 1. The number of hydrogen-bond acceptors (Lipinski definition) is 2. The molecule has 86 valence electrons. The van der Waals surface area contributed by atoms with Gasteiger partial charge in [0.15, 0.2) is 0 Å². The largest absolute Gasteiger partial charge is 0.457 e. The van der Waals surface area contributed by atoms with Crippen molar-refractivity contribution in [2.45, 2.75) is 13.0 Å². The molecule has 2 rings (SSSR count). The number of allylic oxidation sites excluding steroid dienone is 5. The Hall–Kier alpha value is -2.09. The molecule has 0 aromatic heterocycles. The molecular formula is C15H14O2. The molecule has 2 heteroatoms. The molecule has 0 bridgehead atoms. The highest BCUT2D eigenvalue weighted by Crippen LogP contribution is 2.10. The van der Waals surface area contributed by atoms with Gasteiger partial charge >= 0.3 is 5.97 Å². The van der Waals surface area contributed by atoms with Crippen molar-refractivity contribution in [1.82, 2.24) is 0 Å². The van der Waals surface area contributed by atoms with Crippen LogP contribution < -0.4 is 0 Å². The second-order valence-corrected chi connectivity index (χ2v) is 3.77. The molecule has 17 heavy (non-hydrogen) atoms. The summed E-state index contributed by atoms with van der Waals surface area (Å²) in [4.78, 5) is 11.8. The van der Waals surface area contributed by atoms with Gasteiger partial charge in [0.25, 0.3) is 0 Å². The summed E-state index contributed by atoms with van der Waals surface area (Å²) in [5, 5.41) is 0. The molecule has 0 atom stereocenters. The summed E-state index contributed by atoms with van der Waals surface area (Å²) in [5.74, 6) is -0.245. The van der Waals surface area contributed by atoms with Crippen LogP contribution in [0, 0.1) is 0 Å². The minimum atomic E-state index is -0.245. The van der Waals surface area contributed by atoms with Crippen LogP contribution in [0.2, 0.25) is 0 Å². The number of hydrogen-bond donors (Lipinski definition) is 0. The summed E-state index contributed by atoms with van der Waals surface area (Å²) < 4.78 is 5.25. The first kappa shape index (κ1) is 11.4. The maximum absolute atomic E-state index is 11.8.